The maximum absolute atomic E-state index is 13.9. The molecule has 2 rings (SSSR count). The molecular formula is C14H14ClF4NO3S. The molecule has 0 aliphatic carbocycles. The molecule has 1 saturated heterocycles. The third-order valence-electron chi connectivity index (χ3n) is 3.80. The number of hydrogen-bond donors (Lipinski definition) is 0. The Morgan fingerprint density at radius 1 is 1.21 bits per heavy atom. The summed E-state index contributed by atoms with van der Waals surface area (Å²) in [5.74, 6) is -3.80. The van der Waals surface area contributed by atoms with Crippen LogP contribution in [0.25, 0.3) is 0 Å². The maximum atomic E-state index is 13.9. The van der Waals surface area contributed by atoms with Gasteiger partial charge in [0.05, 0.1) is 28.6 Å². The van der Waals surface area contributed by atoms with Gasteiger partial charge in [0, 0.05) is 6.04 Å². The number of nitrogens with zero attached hydrogens (tertiary/aromatic N) is 1. The lowest BCUT2D eigenvalue weighted by atomic mass is 10.1. The molecule has 1 fully saturated rings. The molecule has 0 aromatic heterocycles. The Bertz CT molecular complexity index is 728. The van der Waals surface area contributed by atoms with Gasteiger partial charge in [-0.3, -0.25) is 4.79 Å². The number of alkyl halides is 2. The first-order valence-electron chi connectivity index (χ1n) is 7.05. The number of carbonyl (C=O) groups excluding carboxylic acids is 1. The Hall–Kier alpha value is -1.35. The largest absolute Gasteiger partial charge is 0.330 e. The fourth-order valence-corrected chi connectivity index (χ4v) is 4.19. The van der Waals surface area contributed by atoms with Gasteiger partial charge in [-0.05, 0) is 25.0 Å². The molecule has 1 aromatic rings. The van der Waals surface area contributed by atoms with Gasteiger partial charge >= 0.3 is 0 Å². The van der Waals surface area contributed by atoms with E-state index in [1.54, 1.807) is 0 Å². The predicted molar refractivity (Wildman–Crippen MR) is 80.1 cm³/mol. The number of hydrogen-bond acceptors (Lipinski definition) is 3. The van der Waals surface area contributed by atoms with Crippen molar-refractivity contribution in [2.45, 2.75) is 25.3 Å². The van der Waals surface area contributed by atoms with Crippen LogP contribution in [0.4, 0.5) is 17.6 Å². The smallest absolute Gasteiger partial charge is 0.257 e. The van der Waals surface area contributed by atoms with Crippen LogP contribution in [0.2, 0.25) is 5.02 Å². The molecule has 1 amide bonds. The molecule has 10 heteroatoms. The van der Waals surface area contributed by atoms with Gasteiger partial charge in [-0.2, -0.15) is 0 Å². The first-order valence-corrected chi connectivity index (χ1v) is 9.25. The molecule has 1 aliphatic rings. The summed E-state index contributed by atoms with van der Waals surface area (Å²) in [6.45, 7) is -0.993. The number of benzene rings is 1. The van der Waals surface area contributed by atoms with Crippen molar-refractivity contribution in [1.29, 1.82) is 0 Å². The molecule has 0 saturated carbocycles. The van der Waals surface area contributed by atoms with Gasteiger partial charge in [-0.15, -0.1) is 0 Å². The normalized spacial score (nSPS) is 17.9. The van der Waals surface area contributed by atoms with Crippen molar-refractivity contribution in [2.24, 2.45) is 0 Å². The molecule has 4 nitrogen and oxygen atoms in total. The van der Waals surface area contributed by atoms with Gasteiger partial charge in [-0.25, -0.2) is 26.0 Å². The second-order valence-corrected chi connectivity index (χ2v) is 8.19. The van der Waals surface area contributed by atoms with Gasteiger partial charge in [-0.1, -0.05) is 11.6 Å². The van der Waals surface area contributed by atoms with Crippen LogP contribution in [0.3, 0.4) is 0 Å². The van der Waals surface area contributed by atoms with Crippen LogP contribution in [-0.2, 0) is 9.84 Å². The minimum atomic E-state index is -3.27. The standard InChI is InChI=1S/C14H14ClF4NO3S/c15-10-6-11(16)9(5-12(10)17)14(21)20(7-13(18)19)8-1-3-24(22,23)4-2-8/h5-6,8,13H,1-4,7H2. The first-order chi connectivity index (χ1) is 11.1. The van der Waals surface area contributed by atoms with Crippen LogP contribution in [0.1, 0.15) is 23.2 Å². The fourth-order valence-electron chi connectivity index (χ4n) is 2.58. The predicted octanol–water partition coefficient (Wildman–Crippen LogP) is 2.90. The number of rotatable bonds is 4. The number of halogens is 5. The topological polar surface area (TPSA) is 54.5 Å². The number of carbonyl (C=O) groups is 1. The Balaban J connectivity index is 2.31. The summed E-state index contributed by atoms with van der Waals surface area (Å²) in [5, 5.41) is -0.534. The first kappa shape index (κ1) is 19.0. The van der Waals surface area contributed by atoms with E-state index in [0.717, 1.165) is 0 Å². The highest BCUT2D eigenvalue weighted by Crippen LogP contribution is 2.25. The van der Waals surface area contributed by atoms with Crippen LogP contribution in [-0.4, -0.2) is 49.7 Å². The fraction of sp³-hybridized carbons (Fsp3) is 0.500. The van der Waals surface area contributed by atoms with E-state index >= 15 is 0 Å². The van der Waals surface area contributed by atoms with Crippen molar-refractivity contribution in [2.75, 3.05) is 18.1 Å². The molecule has 0 radical (unpaired) electrons. The van der Waals surface area contributed by atoms with E-state index in [2.05, 4.69) is 0 Å². The highest BCUT2D eigenvalue weighted by Gasteiger charge is 2.33. The lowest BCUT2D eigenvalue weighted by Gasteiger charge is -2.34. The molecule has 1 heterocycles. The van der Waals surface area contributed by atoms with Gasteiger partial charge in [0.2, 0.25) is 0 Å². The van der Waals surface area contributed by atoms with Crippen LogP contribution in [0.5, 0.6) is 0 Å². The van der Waals surface area contributed by atoms with Crippen molar-refractivity contribution in [3.05, 3.63) is 34.4 Å². The second-order valence-electron chi connectivity index (χ2n) is 5.48. The minimum Gasteiger partial charge on any atom is -0.330 e. The lowest BCUT2D eigenvalue weighted by molar-refractivity contribution is 0.0414. The third kappa shape index (κ3) is 4.38. The zero-order valence-electron chi connectivity index (χ0n) is 12.3. The molecule has 0 spiro atoms. The molecule has 1 aliphatic heterocycles. The minimum absolute atomic E-state index is 0.0293. The quantitative estimate of drug-likeness (QED) is 0.589. The second kappa shape index (κ2) is 7.26. The van der Waals surface area contributed by atoms with E-state index in [-0.39, 0.29) is 24.3 Å². The van der Waals surface area contributed by atoms with E-state index in [9.17, 15) is 30.8 Å². The molecule has 0 atom stereocenters. The van der Waals surface area contributed by atoms with Gasteiger partial charge in [0.1, 0.15) is 21.5 Å². The van der Waals surface area contributed by atoms with E-state index < -0.39 is 57.0 Å². The van der Waals surface area contributed by atoms with Crippen molar-refractivity contribution in [3.8, 4) is 0 Å². The molecule has 0 bridgehead atoms. The van der Waals surface area contributed by atoms with E-state index in [4.69, 9.17) is 11.6 Å². The number of sulfone groups is 1. The van der Waals surface area contributed by atoms with Crippen molar-refractivity contribution >= 4 is 27.3 Å². The molecule has 0 unspecified atom stereocenters. The van der Waals surface area contributed by atoms with Crippen LogP contribution in [0, 0.1) is 11.6 Å². The highest BCUT2D eigenvalue weighted by atomic mass is 35.5. The Labute approximate surface area is 141 Å². The zero-order valence-corrected chi connectivity index (χ0v) is 13.9. The summed E-state index contributed by atoms with van der Waals surface area (Å²) < 4.78 is 75.9. The SMILES string of the molecule is O=C(c1cc(F)c(Cl)cc1F)N(CC(F)F)C1CCS(=O)(=O)CC1. The molecule has 134 valence electrons. The molecule has 1 aromatic carbocycles. The van der Waals surface area contributed by atoms with Crippen LogP contribution >= 0.6 is 11.6 Å². The van der Waals surface area contributed by atoms with Gasteiger partial charge in [0.15, 0.2) is 0 Å². The maximum Gasteiger partial charge on any atom is 0.257 e. The van der Waals surface area contributed by atoms with Crippen LogP contribution in [0.15, 0.2) is 12.1 Å². The Morgan fingerprint density at radius 3 is 2.33 bits per heavy atom. The van der Waals surface area contributed by atoms with Crippen molar-refractivity contribution in [1.82, 2.24) is 4.90 Å². The summed E-state index contributed by atoms with van der Waals surface area (Å²) in [5.41, 5.74) is -0.717. The highest BCUT2D eigenvalue weighted by molar-refractivity contribution is 7.91. The average Bonchev–Trinajstić information content (AvgIpc) is 2.48. The lowest BCUT2D eigenvalue weighted by Crippen LogP contribution is -2.47. The van der Waals surface area contributed by atoms with E-state index in [1.807, 2.05) is 0 Å². The third-order valence-corrected chi connectivity index (χ3v) is 5.81. The summed E-state index contributed by atoms with van der Waals surface area (Å²) in [4.78, 5) is 13.1. The molecule has 24 heavy (non-hydrogen) atoms. The Kier molecular flexibility index (Phi) is 5.74. The van der Waals surface area contributed by atoms with E-state index in [0.29, 0.717) is 17.0 Å². The molecular weight excluding hydrogens is 374 g/mol. The van der Waals surface area contributed by atoms with Gasteiger partial charge in [0.25, 0.3) is 12.3 Å². The summed E-state index contributed by atoms with van der Waals surface area (Å²) in [6, 6.07) is 0.363. The summed E-state index contributed by atoms with van der Waals surface area (Å²) in [7, 11) is -3.27. The average molecular weight is 388 g/mol. The monoisotopic (exact) mass is 387 g/mol. The zero-order chi connectivity index (χ0) is 18.1. The van der Waals surface area contributed by atoms with Crippen molar-refractivity contribution < 1.29 is 30.8 Å². The molecule has 0 N–H and O–H groups in total. The Morgan fingerprint density at radius 2 is 1.79 bits per heavy atom. The van der Waals surface area contributed by atoms with Gasteiger partial charge < -0.3 is 4.90 Å². The van der Waals surface area contributed by atoms with E-state index in [1.165, 1.54) is 0 Å². The van der Waals surface area contributed by atoms with Crippen LogP contribution < -0.4 is 0 Å². The summed E-state index contributed by atoms with van der Waals surface area (Å²) in [6.07, 6.45) is -2.95. The number of amides is 1. The summed E-state index contributed by atoms with van der Waals surface area (Å²) >= 11 is 5.41. The van der Waals surface area contributed by atoms with Crippen molar-refractivity contribution in [3.63, 3.8) is 0 Å².